The number of nitrogens with one attached hydrogen (secondary N) is 1. The van der Waals surface area contributed by atoms with E-state index in [2.05, 4.69) is 26.1 Å². The van der Waals surface area contributed by atoms with E-state index in [1.807, 2.05) is 38.1 Å². The molecule has 124 valence electrons. The lowest BCUT2D eigenvalue weighted by molar-refractivity contribution is -0.137. The fourth-order valence-corrected chi connectivity index (χ4v) is 2.24. The monoisotopic (exact) mass is 307 g/mol. The average molecular weight is 307 g/mol. The molecule has 1 rings (SSSR count). The molecule has 0 fully saturated rings. The summed E-state index contributed by atoms with van der Waals surface area (Å²) in [5.41, 5.74) is -0.0754. The number of amides is 1. The minimum Gasteiger partial charge on any atom is -0.491 e. The van der Waals surface area contributed by atoms with E-state index < -0.39 is 5.60 Å². The first kappa shape index (κ1) is 18.5. The van der Waals surface area contributed by atoms with Crippen LogP contribution in [0, 0.1) is 5.92 Å². The molecule has 1 aromatic rings. The van der Waals surface area contributed by atoms with Gasteiger partial charge in [0, 0.05) is 12.8 Å². The number of anilines is 1. The van der Waals surface area contributed by atoms with Crippen molar-refractivity contribution in [2.75, 3.05) is 12.4 Å². The Bertz CT molecular complexity index is 470. The first-order valence-corrected chi connectivity index (χ1v) is 7.94. The molecule has 0 aliphatic carbocycles. The molecule has 0 aliphatic rings. The van der Waals surface area contributed by atoms with Gasteiger partial charge < -0.3 is 14.8 Å². The Balaban J connectivity index is 2.71. The molecule has 1 amide bonds. The normalized spacial score (nSPS) is 15.2. The van der Waals surface area contributed by atoms with E-state index in [-0.39, 0.29) is 12.0 Å². The van der Waals surface area contributed by atoms with Gasteiger partial charge in [0.2, 0.25) is 0 Å². The predicted molar refractivity (Wildman–Crippen MR) is 90.3 cm³/mol. The highest BCUT2D eigenvalue weighted by molar-refractivity contribution is 5.97. The second-order valence-corrected chi connectivity index (χ2v) is 6.35. The van der Waals surface area contributed by atoms with Crippen LogP contribution in [-0.4, -0.2) is 24.7 Å². The topological polar surface area (TPSA) is 47.6 Å². The Morgan fingerprint density at radius 3 is 2.27 bits per heavy atom. The van der Waals surface area contributed by atoms with Gasteiger partial charge in [0.05, 0.1) is 6.10 Å². The average Bonchev–Trinajstić information content (AvgIpc) is 2.48. The van der Waals surface area contributed by atoms with E-state index in [1.165, 1.54) is 0 Å². The van der Waals surface area contributed by atoms with Crippen LogP contribution >= 0.6 is 0 Å². The molecule has 4 heteroatoms. The third-order valence-corrected chi connectivity index (χ3v) is 3.75. The zero-order valence-electron chi connectivity index (χ0n) is 14.6. The van der Waals surface area contributed by atoms with E-state index >= 15 is 0 Å². The highest BCUT2D eigenvalue weighted by Gasteiger charge is 2.33. The summed E-state index contributed by atoms with van der Waals surface area (Å²) in [6.45, 7) is 10.1. The summed E-state index contributed by atoms with van der Waals surface area (Å²) in [6.07, 6.45) is 1.81. The number of benzene rings is 1. The lowest BCUT2D eigenvalue weighted by Crippen LogP contribution is -2.43. The lowest BCUT2D eigenvalue weighted by Gasteiger charge is -2.28. The number of methoxy groups -OCH3 is 1. The predicted octanol–water partition coefficient (Wildman–Crippen LogP) is 4.25. The van der Waals surface area contributed by atoms with Gasteiger partial charge in [-0.05, 0) is 56.9 Å². The number of hydrogen-bond acceptors (Lipinski definition) is 3. The van der Waals surface area contributed by atoms with Crippen molar-refractivity contribution in [1.29, 1.82) is 0 Å². The summed E-state index contributed by atoms with van der Waals surface area (Å²) in [4.78, 5) is 12.4. The van der Waals surface area contributed by atoms with Gasteiger partial charge in [-0.3, -0.25) is 4.79 Å². The highest BCUT2D eigenvalue weighted by atomic mass is 16.5. The van der Waals surface area contributed by atoms with Crippen molar-refractivity contribution in [3.05, 3.63) is 24.3 Å². The van der Waals surface area contributed by atoms with Gasteiger partial charge in [-0.25, -0.2) is 0 Å². The lowest BCUT2D eigenvalue weighted by atomic mass is 9.93. The zero-order valence-corrected chi connectivity index (χ0v) is 14.6. The third-order valence-electron chi connectivity index (χ3n) is 3.75. The van der Waals surface area contributed by atoms with Crippen LogP contribution in [0.1, 0.15) is 47.5 Å². The zero-order chi connectivity index (χ0) is 16.8. The summed E-state index contributed by atoms with van der Waals surface area (Å²) in [7, 11) is 1.57. The molecule has 2 atom stereocenters. The summed E-state index contributed by atoms with van der Waals surface area (Å²) in [5, 5.41) is 2.91. The second kappa shape index (κ2) is 8.18. The van der Waals surface area contributed by atoms with E-state index in [1.54, 1.807) is 7.11 Å². The quantitative estimate of drug-likeness (QED) is 0.781. The van der Waals surface area contributed by atoms with Gasteiger partial charge in [0.25, 0.3) is 5.91 Å². The van der Waals surface area contributed by atoms with Crippen molar-refractivity contribution in [3.8, 4) is 5.75 Å². The minimum absolute atomic E-state index is 0.126. The molecule has 0 radical (unpaired) electrons. The van der Waals surface area contributed by atoms with Crippen LogP contribution < -0.4 is 10.1 Å². The van der Waals surface area contributed by atoms with Gasteiger partial charge in [0.15, 0.2) is 0 Å². The molecule has 1 aromatic carbocycles. The summed E-state index contributed by atoms with van der Waals surface area (Å²) in [5.74, 6) is 1.06. The van der Waals surface area contributed by atoms with Crippen molar-refractivity contribution in [2.45, 2.75) is 59.2 Å². The van der Waals surface area contributed by atoms with Gasteiger partial charge in [-0.2, -0.15) is 0 Å². The van der Waals surface area contributed by atoms with Crippen molar-refractivity contribution in [2.24, 2.45) is 5.92 Å². The number of carbonyl (C=O) groups excluding carboxylic acids is 1. The molecule has 0 aromatic heterocycles. The molecule has 22 heavy (non-hydrogen) atoms. The number of ether oxygens (including phenoxy) is 2. The number of hydrogen-bond donors (Lipinski definition) is 1. The van der Waals surface area contributed by atoms with Crippen molar-refractivity contribution >= 4 is 11.6 Å². The van der Waals surface area contributed by atoms with Crippen molar-refractivity contribution in [1.82, 2.24) is 0 Å². The van der Waals surface area contributed by atoms with Crippen LogP contribution in [0.3, 0.4) is 0 Å². The van der Waals surface area contributed by atoms with Gasteiger partial charge in [-0.15, -0.1) is 0 Å². The van der Waals surface area contributed by atoms with E-state index in [0.29, 0.717) is 12.3 Å². The third kappa shape index (κ3) is 5.34. The Kier molecular flexibility index (Phi) is 6.88. The molecule has 0 bridgehead atoms. The van der Waals surface area contributed by atoms with Crippen LogP contribution in [0.5, 0.6) is 5.75 Å². The van der Waals surface area contributed by atoms with E-state index in [4.69, 9.17) is 9.47 Å². The Morgan fingerprint density at radius 1 is 1.23 bits per heavy atom. The maximum absolute atomic E-state index is 12.4. The molecule has 0 heterocycles. The fraction of sp³-hybridized carbons (Fsp3) is 0.611. The smallest absolute Gasteiger partial charge is 0.256 e. The highest BCUT2D eigenvalue weighted by Crippen LogP contribution is 2.23. The summed E-state index contributed by atoms with van der Waals surface area (Å²) in [6, 6.07) is 7.44. The molecule has 0 saturated carbocycles. The maximum atomic E-state index is 12.4. The molecular formula is C18H29NO3. The first-order valence-electron chi connectivity index (χ1n) is 7.94. The first-order chi connectivity index (χ1) is 10.3. The second-order valence-electron chi connectivity index (χ2n) is 6.35. The molecule has 0 spiro atoms. The van der Waals surface area contributed by atoms with Gasteiger partial charge in [0.1, 0.15) is 11.4 Å². The van der Waals surface area contributed by atoms with Crippen LogP contribution in [0.2, 0.25) is 0 Å². The Hall–Kier alpha value is -1.55. The van der Waals surface area contributed by atoms with E-state index in [0.717, 1.165) is 17.9 Å². The summed E-state index contributed by atoms with van der Waals surface area (Å²) >= 11 is 0. The largest absolute Gasteiger partial charge is 0.491 e. The molecule has 0 unspecified atom stereocenters. The molecule has 0 saturated heterocycles. The molecular weight excluding hydrogens is 278 g/mol. The fourth-order valence-electron chi connectivity index (χ4n) is 2.24. The van der Waals surface area contributed by atoms with Gasteiger partial charge >= 0.3 is 0 Å². The maximum Gasteiger partial charge on any atom is 0.256 e. The van der Waals surface area contributed by atoms with Crippen LogP contribution in [0.4, 0.5) is 5.69 Å². The van der Waals surface area contributed by atoms with E-state index in [9.17, 15) is 4.79 Å². The molecule has 0 aliphatic heterocycles. The SMILES string of the molecule is CC[C@H](C)Oc1ccc(NC(=O)[C@](C)(CC(C)C)OC)cc1. The Morgan fingerprint density at radius 2 is 1.82 bits per heavy atom. The van der Waals surface area contributed by atoms with Crippen LogP contribution in [0.25, 0.3) is 0 Å². The number of rotatable bonds is 8. The molecule has 1 N–H and O–H groups in total. The molecule has 4 nitrogen and oxygen atoms in total. The van der Waals surface area contributed by atoms with Crippen LogP contribution in [0.15, 0.2) is 24.3 Å². The number of carbonyl (C=O) groups is 1. The minimum atomic E-state index is -0.819. The van der Waals surface area contributed by atoms with Crippen LogP contribution in [-0.2, 0) is 9.53 Å². The van der Waals surface area contributed by atoms with Crippen molar-refractivity contribution in [3.63, 3.8) is 0 Å². The van der Waals surface area contributed by atoms with Gasteiger partial charge in [-0.1, -0.05) is 20.8 Å². The Labute approximate surface area is 134 Å². The summed E-state index contributed by atoms with van der Waals surface area (Å²) < 4.78 is 11.2. The van der Waals surface area contributed by atoms with Crippen molar-refractivity contribution < 1.29 is 14.3 Å². The standard InChI is InChI=1S/C18H29NO3/c1-7-14(4)22-16-10-8-15(9-11-16)19-17(20)18(5,21-6)12-13(2)3/h8-11,13-14H,7,12H2,1-6H3,(H,19,20)/t14-,18-/m0/s1.